The lowest BCUT2D eigenvalue weighted by atomic mass is 10.1. The lowest BCUT2D eigenvalue weighted by Gasteiger charge is -2.12. The van der Waals surface area contributed by atoms with Gasteiger partial charge in [-0.05, 0) is 38.0 Å². The highest BCUT2D eigenvalue weighted by Crippen LogP contribution is 2.17. The Bertz CT molecular complexity index is 706. The number of nitrogens with zero attached hydrogens (tertiary/aromatic N) is 3. The summed E-state index contributed by atoms with van der Waals surface area (Å²) in [6, 6.07) is 5.46. The molecular formula is C17H20FN5O. The second-order valence-electron chi connectivity index (χ2n) is 5.98. The quantitative estimate of drug-likeness (QED) is 0.874. The molecular weight excluding hydrogens is 309 g/mol. The Morgan fingerprint density at radius 1 is 1.29 bits per heavy atom. The Morgan fingerprint density at radius 3 is 2.83 bits per heavy atom. The molecule has 0 saturated carbocycles. The van der Waals surface area contributed by atoms with Crippen molar-refractivity contribution in [2.24, 2.45) is 0 Å². The summed E-state index contributed by atoms with van der Waals surface area (Å²) in [6.07, 6.45) is 4.91. The van der Waals surface area contributed by atoms with Crippen LogP contribution in [0.4, 0.5) is 4.39 Å². The normalized spacial score (nSPS) is 20.1. The van der Waals surface area contributed by atoms with Crippen molar-refractivity contribution in [3.8, 4) is 11.3 Å². The van der Waals surface area contributed by atoms with Crippen LogP contribution in [0.25, 0.3) is 11.3 Å². The molecule has 1 fully saturated rings. The highest BCUT2D eigenvalue weighted by Gasteiger charge is 2.26. The molecule has 1 aliphatic rings. The molecule has 126 valence electrons. The molecule has 1 aliphatic heterocycles. The number of nitrogens with one attached hydrogen (secondary N) is 2. The summed E-state index contributed by atoms with van der Waals surface area (Å²) < 4.78 is 12.5. The van der Waals surface area contributed by atoms with E-state index in [9.17, 15) is 9.18 Å². The minimum Gasteiger partial charge on any atom is -0.349 e. The molecule has 0 aliphatic carbocycles. The van der Waals surface area contributed by atoms with Crippen molar-refractivity contribution < 1.29 is 9.18 Å². The van der Waals surface area contributed by atoms with Gasteiger partial charge in [0.25, 0.3) is 0 Å². The van der Waals surface area contributed by atoms with Gasteiger partial charge < -0.3 is 10.6 Å². The number of hydrogen-bond donors (Lipinski definition) is 2. The Balaban J connectivity index is 1.63. The van der Waals surface area contributed by atoms with Crippen LogP contribution in [0.3, 0.4) is 0 Å². The van der Waals surface area contributed by atoms with Gasteiger partial charge in [-0.15, -0.1) is 0 Å². The minimum absolute atomic E-state index is 0.00604. The smallest absolute Gasteiger partial charge is 0.237 e. The first kappa shape index (κ1) is 16.4. The molecule has 0 radical (unpaired) electrons. The van der Waals surface area contributed by atoms with E-state index in [1.54, 1.807) is 24.4 Å². The SMILES string of the molecule is C[C@@H]1CC[C@@H](C(=O)NCc2cc(-c3ccc(CF)nc3)ncn2)N1. The zero-order valence-electron chi connectivity index (χ0n) is 13.5. The molecule has 7 heteroatoms. The fourth-order valence-corrected chi connectivity index (χ4v) is 2.74. The van der Waals surface area contributed by atoms with Gasteiger partial charge in [0.1, 0.15) is 13.0 Å². The van der Waals surface area contributed by atoms with E-state index in [1.165, 1.54) is 6.33 Å². The van der Waals surface area contributed by atoms with Gasteiger partial charge in [0.15, 0.2) is 0 Å². The Kier molecular flexibility index (Phi) is 5.10. The van der Waals surface area contributed by atoms with Crippen molar-refractivity contribution in [3.05, 3.63) is 42.1 Å². The second kappa shape index (κ2) is 7.44. The Labute approximate surface area is 139 Å². The van der Waals surface area contributed by atoms with Gasteiger partial charge in [-0.25, -0.2) is 14.4 Å². The van der Waals surface area contributed by atoms with Crippen molar-refractivity contribution in [3.63, 3.8) is 0 Å². The molecule has 24 heavy (non-hydrogen) atoms. The molecule has 2 atom stereocenters. The van der Waals surface area contributed by atoms with Crippen molar-refractivity contribution in [1.29, 1.82) is 0 Å². The predicted molar refractivity (Wildman–Crippen MR) is 87.5 cm³/mol. The lowest BCUT2D eigenvalue weighted by Crippen LogP contribution is -2.41. The number of rotatable bonds is 5. The standard InChI is InChI=1S/C17H20FN5O/c1-11-2-5-15(23-11)17(24)20-9-14-6-16(22-10-21-14)12-3-4-13(7-18)19-8-12/h3-4,6,8,10-11,15,23H,2,5,7,9H2,1H3,(H,20,24)/t11-,15+/m1/s1. The fourth-order valence-electron chi connectivity index (χ4n) is 2.74. The van der Waals surface area contributed by atoms with Crippen LogP contribution in [0.5, 0.6) is 0 Å². The summed E-state index contributed by atoms with van der Waals surface area (Å²) in [5, 5.41) is 6.16. The van der Waals surface area contributed by atoms with Gasteiger partial charge in [0.05, 0.1) is 29.7 Å². The molecule has 1 amide bonds. The molecule has 1 saturated heterocycles. The molecule has 2 aromatic rings. The summed E-state index contributed by atoms with van der Waals surface area (Å²) in [7, 11) is 0. The molecule has 0 aromatic carbocycles. The van der Waals surface area contributed by atoms with E-state index in [0.717, 1.165) is 18.4 Å². The summed E-state index contributed by atoms with van der Waals surface area (Å²) in [6.45, 7) is 1.83. The third-order valence-corrected chi connectivity index (χ3v) is 4.12. The van der Waals surface area contributed by atoms with E-state index < -0.39 is 6.67 Å². The highest BCUT2D eigenvalue weighted by molar-refractivity contribution is 5.82. The molecule has 3 rings (SSSR count). The van der Waals surface area contributed by atoms with E-state index in [-0.39, 0.29) is 11.9 Å². The number of amides is 1. The number of alkyl halides is 1. The first-order chi connectivity index (χ1) is 11.7. The number of carbonyl (C=O) groups is 1. The van der Waals surface area contributed by atoms with Gasteiger partial charge in [0, 0.05) is 17.8 Å². The third kappa shape index (κ3) is 3.91. The summed E-state index contributed by atoms with van der Waals surface area (Å²) in [4.78, 5) is 24.5. The number of pyridine rings is 1. The molecule has 3 heterocycles. The maximum Gasteiger partial charge on any atom is 0.237 e. The first-order valence-corrected chi connectivity index (χ1v) is 8.01. The van der Waals surface area contributed by atoms with Crippen LogP contribution in [0.2, 0.25) is 0 Å². The molecule has 0 bridgehead atoms. The summed E-state index contributed by atoms with van der Waals surface area (Å²) in [5.41, 5.74) is 2.58. The third-order valence-electron chi connectivity index (χ3n) is 4.12. The van der Waals surface area contributed by atoms with Gasteiger partial charge in [-0.2, -0.15) is 0 Å². The average molecular weight is 329 g/mol. The highest BCUT2D eigenvalue weighted by atomic mass is 19.1. The first-order valence-electron chi connectivity index (χ1n) is 8.01. The monoisotopic (exact) mass is 329 g/mol. The van der Waals surface area contributed by atoms with Crippen molar-refractivity contribution in [2.75, 3.05) is 0 Å². The predicted octanol–water partition coefficient (Wildman–Crippen LogP) is 1.76. The van der Waals surface area contributed by atoms with Gasteiger partial charge >= 0.3 is 0 Å². The topological polar surface area (TPSA) is 79.8 Å². The number of hydrogen-bond acceptors (Lipinski definition) is 5. The lowest BCUT2D eigenvalue weighted by molar-refractivity contribution is -0.123. The Morgan fingerprint density at radius 2 is 2.17 bits per heavy atom. The zero-order valence-corrected chi connectivity index (χ0v) is 13.5. The molecule has 2 aromatic heterocycles. The summed E-state index contributed by atoms with van der Waals surface area (Å²) >= 11 is 0. The molecule has 6 nitrogen and oxygen atoms in total. The van der Waals surface area contributed by atoms with Crippen LogP contribution in [0, 0.1) is 0 Å². The number of carbonyl (C=O) groups excluding carboxylic acids is 1. The average Bonchev–Trinajstić information content (AvgIpc) is 3.06. The molecule has 0 spiro atoms. The van der Waals surface area contributed by atoms with Crippen molar-refractivity contribution >= 4 is 5.91 Å². The zero-order chi connectivity index (χ0) is 16.9. The largest absolute Gasteiger partial charge is 0.349 e. The van der Waals surface area contributed by atoms with Crippen LogP contribution < -0.4 is 10.6 Å². The van der Waals surface area contributed by atoms with Gasteiger partial charge in [-0.1, -0.05) is 0 Å². The maximum atomic E-state index is 12.5. The van der Waals surface area contributed by atoms with Crippen LogP contribution in [0.1, 0.15) is 31.2 Å². The van der Waals surface area contributed by atoms with E-state index in [1.807, 2.05) is 0 Å². The van der Waals surface area contributed by atoms with Crippen LogP contribution in [-0.2, 0) is 18.0 Å². The van der Waals surface area contributed by atoms with Crippen molar-refractivity contribution in [1.82, 2.24) is 25.6 Å². The Hall–Kier alpha value is -2.41. The minimum atomic E-state index is -0.588. The van der Waals surface area contributed by atoms with Crippen LogP contribution in [-0.4, -0.2) is 32.9 Å². The fraction of sp³-hybridized carbons (Fsp3) is 0.412. The van der Waals surface area contributed by atoms with Crippen LogP contribution >= 0.6 is 0 Å². The molecule has 0 unspecified atom stereocenters. The second-order valence-corrected chi connectivity index (χ2v) is 5.98. The van der Waals surface area contributed by atoms with E-state index >= 15 is 0 Å². The van der Waals surface area contributed by atoms with E-state index in [0.29, 0.717) is 29.7 Å². The van der Waals surface area contributed by atoms with Crippen LogP contribution in [0.15, 0.2) is 30.7 Å². The van der Waals surface area contributed by atoms with Crippen molar-refractivity contribution in [2.45, 2.75) is 45.1 Å². The summed E-state index contributed by atoms with van der Waals surface area (Å²) in [5.74, 6) is -0.00604. The van der Waals surface area contributed by atoms with Gasteiger partial charge in [0.2, 0.25) is 5.91 Å². The van der Waals surface area contributed by atoms with Gasteiger partial charge in [-0.3, -0.25) is 9.78 Å². The number of aromatic nitrogens is 3. The van der Waals surface area contributed by atoms with E-state index in [2.05, 4.69) is 32.5 Å². The molecule has 2 N–H and O–H groups in total. The maximum absolute atomic E-state index is 12.5. The number of halogens is 1. The van der Waals surface area contributed by atoms with E-state index in [4.69, 9.17) is 0 Å².